The van der Waals surface area contributed by atoms with E-state index >= 15 is 0 Å². The van der Waals surface area contributed by atoms with Gasteiger partial charge in [-0.05, 0) is 71.0 Å². The van der Waals surface area contributed by atoms with Crippen molar-refractivity contribution in [1.82, 2.24) is 9.97 Å². The van der Waals surface area contributed by atoms with Crippen molar-refractivity contribution in [2.75, 3.05) is 16.8 Å². The number of rotatable bonds is 7. The number of pyridine rings is 1. The second kappa shape index (κ2) is 11.7. The quantitative estimate of drug-likeness (QED) is 0.199. The number of nitrogens with one attached hydrogen (secondary N) is 1. The first kappa shape index (κ1) is 27.5. The number of carbonyl (C=O) groups excluding carboxylic acids is 1. The summed E-state index contributed by atoms with van der Waals surface area (Å²) in [5.41, 5.74) is 7.12. The van der Waals surface area contributed by atoms with Gasteiger partial charge in [0.05, 0.1) is 10.2 Å². The lowest BCUT2D eigenvalue weighted by Crippen LogP contribution is -2.33. The molecule has 7 nitrogen and oxygen atoms in total. The molecule has 0 atom stereocenters. The number of anilines is 2. The molecule has 0 aliphatic carbocycles. The predicted molar refractivity (Wildman–Crippen MR) is 175 cm³/mol. The summed E-state index contributed by atoms with van der Waals surface area (Å²) in [6.45, 7) is 1.10. The van der Waals surface area contributed by atoms with E-state index in [4.69, 9.17) is 0 Å². The normalized spacial score (nSPS) is 12.6. The number of amides is 1. The molecular weight excluding hydrogens is 568 g/mol. The number of hydrogen-bond donors (Lipinski definition) is 2. The van der Waals surface area contributed by atoms with Gasteiger partial charge in [0, 0.05) is 24.2 Å². The van der Waals surface area contributed by atoms with Crippen molar-refractivity contribution < 1.29 is 14.7 Å². The van der Waals surface area contributed by atoms with Gasteiger partial charge < -0.3 is 10.0 Å². The van der Waals surface area contributed by atoms with Crippen LogP contribution >= 0.6 is 11.3 Å². The number of aromatic nitrogens is 2. The molecule has 0 fully saturated rings. The number of benzene rings is 4. The summed E-state index contributed by atoms with van der Waals surface area (Å²) < 4.78 is 1.01. The summed E-state index contributed by atoms with van der Waals surface area (Å²) in [5.74, 6) is -0.727. The average molecular weight is 597 g/mol. The topological polar surface area (TPSA) is 95.4 Å². The minimum atomic E-state index is -1.08. The van der Waals surface area contributed by atoms with Crippen LogP contribution in [-0.2, 0) is 19.4 Å². The average Bonchev–Trinajstić information content (AvgIpc) is 3.47. The van der Waals surface area contributed by atoms with Gasteiger partial charge >= 0.3 is 5.97 Å². The molecule has 7 rings (SSSR count). The van der Waals surface area contributed by atoms with Crippen LogP contribution in [0.5, 0.6) is 0 Å². The van der Waals surface area contributed by atoms with Crippen LogP contribution in [0.3, 0.4) is 0 Å². The van der Waals surface area contributed by atoms with Gasteiger partial charge in [0.1, 0.15) is 5.82 Å². The van der Waals surface area contributed by atoms with Gasteiger partial charge in [-0.1, -0.05) is 90.2 Å². The van der Waals surface area contributed by atoms with Crippen molar-refractivity contribution in [2.24, 2.45) is 0 Å². The maximum absolute atomic E-state index is 13.4. The number of fused-ring (bicyclic) bond motifs is 2. The van der Waals surface area contributed by atoms with Crippen LogP contribution < -0.4 is 10.2 Å². The van der Waals surface area contributed by atoms with Gasteiger partial charge in [0.25, 0.3) is 5.91 Å². The second-order valence-corrected chi connectivity index (χ2v) is 11.8. The molecular formula is C36H28N4O3S. The lowest BCUT2D eigenvalue weighted by molar-refractivity contribution is 0.0691. The molecule has 8 heteroatoms. The number of carbonyl (C=O) groups is 2. The van der Waals surface area contributed by atoms with Gasteiger partial charge in [0.15, 0.2) is 10.8 Å². The Balaban J connectivity index is 1.15. The van der Waals surface area contributed by atoms with Gasteiger partial charge in [-0.15, -0.1) is 0 Å². The van der Waals surface area contributed by atoms with Crippen molar-refractivity contribution in [3.8, 4) is 11.1 Å². The third-order valence-corrected chi connectivity index (χ3v) is 8.88. The number of nitrogens with zero attached hydrogens (tertiary/aromatic N) is 3. The zero-order valence-corrected chi connectivity index (χ0v) is 24.6. The monoisotopic (exact) mass is 596 g/mol. The van der Waals surface area contributed by atoms with Gasteiger partial charge in [0.2, 0.25) is 0 Å². The van der Waals surface area contributed by atoms with Crippen molar-refractivity contribution in [3.63, 3.8) is 0 Å². The minimum absolute atomic E-state index is 0.00650. The lowest BCUT2D eigenvalue weighted by atomic mass is 9.94. The third-order valence-electron chi connectivity index (χ3n) is 7.93. The van der Waals surface area contributed by atoms with E-state index in [1.807, 2.05) is 95.9 Å². The zero-order chi connectivity index (χ0) is 30.0. The summed E-state index contributed by atoms with van der Waals surface area (Å²) in [4.78, 5) is 37.1. The molecule has 2 N–H and O–H groups in total. The fraction of sp³-hybridized carbons (Fsp3) is 0.111. The van der Waals surface area contributed by atoms with Crippen molar-refractivity contribution >= 4 is 44.4 Å². The van der Waals surface area contributed by atoms with Crippen LogP contribution in [-0.4, -0.2) is 33.5 Å². The molecule has 4 aromatic carbocycles. The predicted octanol–water partition coefficient (Wildman–Crippen LogP) is 7.46. The Bertz CT molecular complexity index is 1990. The molecule has 44 heavy (non-hydrogen) atoms. The molecule has 6 aromatic rings. The molecule has 0 radical (unpaired) electrons. The van der Waals surface area contributed by atoms with Gasteiger partial charge in [-0.25, -0.2) is 14.8 Å². The summed E-state index contributed by atoms with van der Waals surface area (Å²) in [6, 6.07) is 35.4. The Morgan fingerprint density at radius 2 is 1.64 bits per heavy atom. The first-order valence-electron chi connectivity index (χ1n) is 14.4. The highest BCUT2D eigenvalue weighted by Gasteiger charge is 2.25. The molecule has 0 unspecified atom stereocenters. The highest BCUT2D eigenvalue weighted by Crippen LogP contribution is 2.31. The van der Waals surface area contributed by atoms with E-state index in [-0.39, 0.29) is 11.6 Å². The Hall–Kier alpha value is -5.34. The first-order chi connectivity index (χ1) is 21.5. The van der Waals surface area contributed by atoms with Gasteiger partial charge in [-0.2, -0.15) is 0 Å². The molecule has 216 valence electrons. The zero-order valence-electron chi connectivity index (χ0n) is 23.7. The second-order valence-electron chi connectivity index (χ2n) is 10.8. The molecule has 0 saturated carbocycles. The number of hydrogen-bond acceptors (Lipinski definition) is 6. The number of aromatic carboxylic acids is 1. The molecule has 0 spiro atoms. The largest absolute Gasteiger partial charge is 0.476 e. The molecule has 0 saturated heterocycles. The Morgan fingerprint density at radius 3 is 2.48 bits per heavy atom. The molecule has 1 amide bonds. The number of thiazole rings is 1. The van der Waals surface area contributed by atoms with Crippen molar-refractivity contribution in [2.45, 2.75) is 19.4 Å². The number of carboxylic acids is 1. The summed E-state index contributed by atoms with van der Waals surface area (Å²) in [6.07, 6.45) is 1.47. The SMILES string of the molecule is O=C(Nc1nc2ccccc2s1)c1cccc2c1CN(c1ccc(-c3cccc(Cc4ccccc4)c3)c(C(=O)O)n1)CC2. The van der Waals surface area contributed by atoms with Crippen molar-refractivity contribution in [3.05, 3.63) is 143 Å². The van der Waals surface area contributed by atoms with E-state index in [9.17, 15) is 14.7 Å². The maximum Gasteiger partial charge on any atom is 0.355 e. The molecule has 2 aromatic heterocycles. The van der Waals surface area contributed by atoms with Crippen molar-refractivity contribution in [1.29, 1.82) is 0 Å². The highest BCUT2D eigenvalue weighted by molar-refractivity contribution is 7.22. The Labute approximate surface area is 258 Å². The summed E-state index contributed by atoms with van der Waals surface area (Å²) in [7, 11) is 0. The van der Waals surface area contributed by atoms with E-state index < -0.39 is 5.97 Å². The van der Waals surface area contributed by atoms with E-state index in [2.05, 4.69) is 33.5 Å². The van der Waals surface area contributed by atoms with E-state index in [0.29, 0.717) is 41.6 Å². The lowest BCUT2D eigenvalue weighted by Gasteiger charge is -2.31. The van der Waals surface area contributed by atoms with Crippen LogP contribution in [0.4, 0.5) is 10.9 Å². The molecule has 0 bridgehead atoms. The van der Waals surface area contributed by atoms with E-state index in [1.54, 1.807) is 0 Å². The fourth-order valence-electron chi connectivity index (χ4n) is 5.78. The van der Waals surface area contributed by atoms with E-state index in [0.717, 1.165) is 38.9 Å². The Morgan fingerprint density at radius 1 is 0.841 bits per heavy atom. The Kier molecular flexibility index (Phi) is 7.33. The molecule has 3 heterocycles. The minimum Gasteiger partial charge on any atom is -0.476 e. The van der Waals surface area contributed by atoms with Gasteiger partial charge in [-0.3, -0.25) is 10.1 Å². The maximum atomic E-state index is 13.4. The van der Waals surface area contributed by atoms with E-state index in [1.165, 1.54) is 16.9 Å². The molecule has 1 aliphatic heterocycles. The van der Waals surface area contributed by atoms with Crippen LogP contribution in [0.1, 0.15) is 43.1 Å². The third kappa shape index (κ3) is 5.55. The van der Waals surface area contributed by atoms with Crippen LogP contribution in [0, 0.1) is 0 Å². The fourth-order valence-corrected chi connectivity index (χ4v) is 6.64. The smallest absolute Gasteiger partial charge is 0.355 e. The highest BCUT2D eigenvalue weighted by atomic mass is 32.1. The first-order valence-corrected chi connectivity index (χ1v) is 15.2. The summed E-state index contributed by atoms with van der Waals surface area (Å²) >= 11 is 1.44. The van der Waals surface area contributed by atoms with Crippen LogP contribution in [0.25, 0.3) is 21.3 Å². The number of carboxylic acid groups (broad SMARTS) is 1. The summed E-state index contributed by atoms with van der Waals surface area (Å²) in [5, 5.41) is 13.7. The molecule has 1 aliphatic rings. The standard InChI is InChI=1S/C36H28N4O3S/c41-34(39-36-37-30-14-4-5-15-31(30)44-36)28-13-7-11-25-18-19-40(22-29(25)28)32-17-16-27(33(38-32)35(42)43)26-12-6-10-24(21-26)20-23-8-2-1-3-9-23/h1-17,21H,18-20,22H2,(H,42,43)(H,37,39,41). The van der Waals surface area contributed by atoms with Crippen LogP contribution in [0.15, 0.2) is 109 Å². The number of para-hydroxylation sites is 1. The van der Waals surface area contributed by atoms with Crippen LogP contribution in [0.2, 0.25) is 0 Å².